The molecule has 0 unspecified atom stereocenters. The maximum absolute atomic E-state index is 13.6. The summed E-state index contributed by atoms with van der Waals surface area (Å²) in [6, 6.07) is 11.3. The Morgan fingerprint density at radius 2 is 2.00 bits per heavy atom. The molecule has 1 aliphatic carbocycles. The zero-order valence-electron chi connectivity index (χ0n) is 16.5. The standard InChI is InChI=1S/C22H21N3O3S2/c1-13-5-7-18-16(11-13)15-3-2-4-19-21(15)24(18)9-10-25(19)30(27,28)14-6-8-20-17(12-14)23-22(26)29-20/h5-8,11-12,19H,2-4,9-10H2,1H3,(H,23,26)/t19-/m1/s1. The van der Waals surface area contributed by atoms with Gasteiger partial charge in [0.2, 0.25) is 10.0 Å². The van der Waals surface area contributed by atoms with Crippen LogP contribution in [0.4, 0.5) is 0 Å². The van der Waals surface area contributed by atoms with Crippen molar-refractivity contribution >= 4 is 42.5 Å². The number of hydrogen-bond acceptors (Lipinski definition) is 4. The normalized spacial score (nSPS) is 19.4. The number of H-pyrrole nitrogens is 1. The van der Waals surface area contributed by atoms with Crippen molar-refractivity contribution in [3.63, 3.8) is 0 Å². The second kappa shape index (κ2) is 6.29. The topological polar surface area (TPSA) is 75.2 Å². The van der Waals surface area contributed by atoms with Crippen LogP contribution in [0.5, 0.6) is 0 Å². The molecule has 0 spiro atoms. The molecule has 4 aromatic rings. The summed E-state index contributed by atoms with van der Waals surface area (Å²) in [6.07, 6.45) is 2.81. The molecule has 6 nitrogen and oxygen atoms in total. The molecule has 8 heteroatoms. The highest BCUT2D eigenvalue weighted by Gasteiger charge is 2.40. The van der Waals surface area contributed by atoms with E-state index in [1.807, 2.05) is 0 Å². The Morgan fingerprint density at radius 1 is 1.13 bits per heavy atom. The molecule has 2 aromatic carbocycles. The number of aromatic nitrogens is 2. The average Bonchev–Trinajstić information content (AvgIpc) is 3.26. The Balaban J connectivity index is 1.50. The van der Waals surface area contributed by atoms with Gasteiger partial charge in [-0.05, 0) is 62.1 Å². The van der Waals surface area contributed by atoms with Crippen LogP contribution in [-0.4, -0.2) is 28.8 Å². The third kappa shape index (κ3) is 2.50. The molecular weight excluding hydrogens is 418 g/mol. The third-order valence-electron chi connectivity index (χ3n) is 6.48. The first kappa shape index (κ1) is 18.4. The van der Waals surface area contributed by atoms with Crippen LogP contribution < -0.4 is 4.87 Å². The number of nitrogens with one attached hydrogen (secondary N) is 1. The van der Waals surface area contributed by atoms with Crippen LogP contribution >= 0.6 is 11.3 Å². The van der Waals surface area contributed by atoms with E-state index in [9.17, 15) is 13.2 Å². The van der Waals surface area contributed by atoms with Crippen LogP contribution in [-0.2, 0) is 23.0 Å². The van der Waals surface area contributed by atoms with Crippen molar-refractivity contribution < 1.29 is 8.42 Å². The molecule has 0 saturated heterocycles. The highest BCUT2D eigenvalue weighted by Crippen LogP contribution is 2.44. The van der Waals surface area contributed by atoms with E-state index >= 15 is 0 Å². The number of sulfonamides is 1. The van der Waals surface area contributed by atoms with Crippen molar-refractivity contribution in [3.05, 3.63) is 62.9 Å². The van der Waals surface area contributed by atoms with Gasteiger partial charge in [0.25, 0.3) is 0 Å². The molecule has 0 amide bonds. The summed E-state index contributed by atoms with van der Waals surface area (Å²) in [5, 5.41) is 1.27. The van der Waals surface area contributed by atoms with Gasteiger partial charge in [-0.2, -0.15) is 4.31 Å². The van der Waals surface area contributed by atoms with Gasteiger partial charge in [0.1, 0.15) is 0 Å². The van der Waals surface area contributed by atoms with Crippen molar-refractivity contribution in [2.24, 2.45) is 0 Å². The van der Waals surface area contributed by atoms with E-state index in [1.54, 1.807) is 22.5 Å². The summed E-state index contributed by atoms with van der Waals surface area (Å²) >= 11 is 1.09. The van der Waals surface area contributed by atoms with Gasteiger partial charge in [-0.25, -0.2) is 8.42 Å². The van der Waals surface area contributed by atoms with Crippen molar-refractivity contribution in [1.29, 1.82) is 0 Å². The molecule has 1 aliphatic heterocycles. The van der Waals surface area contributed by atoms with Crippen molar-refractivity contribution in [3.8, 4) is 0 Å². The number of aromatic amines is 1. The Hall–Kier alpha value is -2.42. The lowest BCUT2D eigenvalue weighted by atomic mass is 9.90. The number of hydrogen-bond donors (Lipinski definition) is 1. The first-order valence-electron chi connectivity index (χ1n) is 10.2. The molecule has 2 aromatic heterocycles. The Bertz CT molecular complexity index is 1490. The highest BCUT2D eigenvalue weighted by molar-refractivity contribution is 7.89. The second-order valence-corrected chi connectivity index (χ2v) is 11.1. The van der Waals surface area contributed by atoms with E-state index in [2.05, 4.69) is 34.7 Å². The van der Waals surface area contributed by atoms with Crippen LogP contribution in [0.2, 0.25) is 0 Å². The number of benzene rings is 2. The number of nitrogens with zero attached hydrogens (tertiary/aromatic N) is 2. The molecule has 0 bridgehead atoms. The predicted molar refractivity (Wildman–Crippen MR) is 119 cm³/mol. The lowest BCUT2D eigenvalue weighted by Crippen LogP contribution is -2.43. The Labute approximate surface area is 177 Å². The molecule has 0 saturated carbocycles. The summed E-state index contributed by atoms with van der Waals surface area (Å²) in [5.74, 6) is 0. The lowest BCUT2D eigenvalue weighted by Gasteiger charge is -2.39. The van der Waals surface area contributed by atoms with Gasteiger partial charge in [-0.1, -0.05) is 23.0 Å². The number of rotatable bonds is 2. The van der Waals surface area contributed by atoms with Gasteiger partial charge in [0, 0.05) is 29.7 Å². The molecule has 1 atom stereocenters. The summed E-state index contributed by atoms with van der Waals surface area (Å²) in [7, 11) is -3.67. The molecule has 30 heavy (non-hydrogen) atoms. The maximum atomic E-state index is 13.6. The minimum atomic E-state index is -3.67. The van der Waals surface area contributed by atoms with E-state index in [0.717, 1.165) is 35.3 Å². The van der Waals surface area contributed by atoms with Crippen molar-refractivity contribution in [2.75, 3.05) is 6.54 Å². The fourth-order valence-corrected chi connectivity index (χ4v) is 7.56. The summed E-state index contributed by atoms with van der Waals surface area (Å²) < 4.78 is 32.1. The summed E-state index contributed by atoms with van der Waals surface area (Å²) in [5.41, 5.74) is 5.50. The molecule has 3 heterocycles. The molecule has 0 fully saturated rings. The SMILES string of the molecule is Cc1ccc2c(c1)c1c3n2CCN(S(=O)(=O)c2ccc4sc(=O)[nH]c4c2)[C@@H]3CCC1. The Kier molecular flexibility index (Phi) is 3.85. The first-order chi connectivity index (χ1) is 14.4. The van der Waals surface area contributed by atoms with Crippen LogP contribution in [0, 0.1) is 6.92 Å². The fourth-order valence-electron chi connectivity index (χ4n) is 5.20. The van der Waals surface area contributed by atoms with Gasteiger partial charge in [-0.15, -0.1) is 0 Å². The zero-order chi connectivity index (χ0) is 20.6. The van der Waals surface area contributed by atoms with Crippen LogP contribution in [0.15, 0.2) is 46.1 Å². The first-order valence-corrected chi connectivity index (χ1v) is 12.5. The van der Waals surface area contributed by atoms with E-state index in [4.69, 9.17) is 0 Å². The Morgan fingerprint density at radius 3 is 2.87 bits per heavy atom. The zero-order valence-corrected chi connectivity index (χ0v) is 18.1. The van der Waals surface area contributed by atoms with Gasteiger partial charge >= 0.3 is 4.87 Å². The van der Waals surface area contributed by atoms with Crippen LogP contribution in [0.1, 0.15) is 35.7 Å². The third-order valence-corrected chi connectivity index (χ3v) is 9.24. The van der Waals surface area contributed by atoms with Gasteiger partial charge < -0.3 is 9.55 Å². The quantitative estimate of drug-likeness (QED) is 0.514. The number of thiazole rings is 1. The molecule has 0 radical (unpaired) electrons. The van der Waals surface area contributed by atoms with Crippen molar-refractivity contribution in [2.45, 2.75) is 43.7 Å². The van der Waals surface area contributed by atoms with Gasteiger partial charge in [0.15, 0.2) is 0 Å². The highest BCUT2D eigenvalue weighted by atomic mass is 32.2. The minimum absolute atomic E-state index is 0.141. The molecule has 6 rings (SSSR count). The lowest BCUT2D eigenvalue weighted by molar-refractivity contribution is 0.243. The second-order valence-electron chi connectivity index (χ2n) is 8.23. The minimum Gasteiger partial charge on any atom is -0.341 e. The molecule has 2 aliphatic rings. The molecule has 154 valence electrons. The fraction of sp³-hybridized carbons (Fsp3) is 0.318. The van der Waals surface area contributed by atoms with E-state index in [0.29, 0.717) is 18.6 Å². The van der Waals surface area contributed by atoms with Crippen LogP contribution in [0.3, 0.4) is 0 Å². The summed E-state index contributed by atoms with van der Waals surface area (Å²) in [4.78, 5) is 14.5. The predicted octanol–water partition coefficient (Wildman–Crippen LogP) is 3.93. The average molecular weight is 440 g/mol. The van der Waals surface area contributed by atoms with Gasteiger partial charge in [0.05, 0.1) is 21.2 Å². The largest absolute Gasteiger partial charge is 0.341 e. The van der Waals surface area contributed by atoms with Crippen molar-refractivity contribution in [1.82, 2.24) is 13.9 Å². The number of fused-ring (bicyclic) bond motifs is 4. The van der Waals surface area contributed by atoms with E-state index < -0.39 is 10.0 Å². The maximum Gasteiger partial charge on any atom is 0.305 e. The number of aryl methyl sites for hydroxylation is 2. The molecule has 1 N–H and O–H groups in total. The summed E-state index contributed by atoms with van der Waals surface area (Å²) in [6.45, 7) is 3.21. The monoisotopic (exact) mass is 439 g/mol. The smallest absolute Gasteiger partial charge is 0.305 e. The van der Waals surface area contributed by atoms with Crippen LogP contribution in [0.25, 0.3) is 21.1 Å². The van der Waals surface area contributed by atoms with E-state index in [-0.39, 0.29) is 15.8 Å². The van der Waals surface area contributed by atoms with Gasteiger partial charge in [-0.3, -0.25) is 4.79 Å². The molecular formula is C22H21N3O3S2. The van der Waals surface area contributed by atoms with E-state index in [1.165, 1.54) is 27.7 Å².